The number of hydrogen-bond donors (Lipinski definition) is 2. The van der Waals surface area contributed by atoms with E-state index in [1.54, 1.807) is 0 Å². The van der Waals surface area contributed by atoms with Crippen LogP contribution in [0.3, 0.4) is 0 Å². The fourth-order valence-electron chi connectivity index (χ4n) is 4.25. The predicted octanol–water partition coefficient (Wildman–Crippen LogP) is 4.96. The molecular weight excluding hydrogens is 430 g/mol. The summed E-state index contributed by atoms with van der Waals surface area (Å²) in [5, 5.41) is 12.1. The minimum atomic E-state index is -0.360. The van der Waals surface area contributed by atoms with Crippen molar-refractivity contribution < 1.29 is 13.9 Å². The second-order valence-corrected chi connectivity index (χ2v) is 9.03. The zero-order valence-electron chi connectivity index (χ0n) is 19.7. The van der Waals surface area contributed by atoms with Crippen LogP contribution in [0.2, 0.25) is 0 Å². The molecule has 4 aromatic rings. The lowest BCUT2D eigenvalue weighted by atomic mass is 10.1. The standard InChI is InChI=1S/C26H29N5O3/c1-16(2)34-24-13-21-19(14-31(30-21)20-7-9-27-10-8-20)12-22(24)28-25(32)23-15-33-26(29-23)18-6-4-5-17(3)11-18/h4-6,11-16,20,27H,7-10H2,1-3H3,(H,28,32). The van der Waals surface area contributed by atoms with E-state index >= 15 is 0 Å². The van der Waals surface area contributed by atoms with E-state index in [1.165, 1.54) is 6.26 Å². The molecule has 2 aromatic carbocycles. The van der Waals surface area contributed by atoms with E-state index in [1.807, 2.05) is 68.0 Å². The summed E-state index contributed by atoms with van der Waals surface area (Å²) in [6.07, 6.45) is 5.46. The molecule has 0 saturated carbocycles. The minimum absolute atomic E-state index is 0.0559. The van der Waals surface area contributed by atoms with Gasteiger partial charge in [0, 0.05) is 23.2 Å². The van der Waals surface area contributed by atoms with Crippen molar-refractivity contribution in [3.63, 3.8) is 0 Å². The highest BCUT2D eigenvalue weighted by molar-refractivity contribution is 6.05. The van der Waals surface area contributed by atoms with Gasteiger partial charge < -0.3 is 19.8 Å². The molecule has 176 valence electrons. The monoisotopic (exact) mass is 459 g/mol. The van der Waals surface area contributed by atoms with E-state index in [2.05, 4.69) is 15.6 Å². The molecule has 8 heteroatoms. The lowest BCUT2D eigenvalue weighted by molar-refractivity contribution is 0.102. The molecule has 5 rings (SSSR count). The number of oxazole rings is 1. The molecule has 2 N–H and O–H groups in total. The van der Waals surface area contributed by atoms with Gasteiger partial charge in [0.15, 0.2) is 5.69 Å². The average molecular weight is 460 g/mol. The number of carbonyl (C=O) groups excluding carboxylic acids is 1. The van der Waals surface area contributed by atoms with Gasteiger partial charge in [0.2, 0.25) is 5.89 Å². The Labute approximate surface area is 198 Å². The fraction of sp³-hybridized carbons (Fsp3) is 0.346. The van der Waals surface area contributed by atoms with Gasteiger partial charge in [-0.05, 0) is 64.9 Å². The fourth-order valence-corrected chi connectivity index (χ4v) is 4.25. The summed E-state index contributed by atoms with van der Waals surface area (Å²) in [5.41, 5.74) is 3.55. The molecule has 0 bridgehead atoms. The highest BCUT2D eigenvalue weighted by Gasteiger charge is 2.20. The van der Waals surface area contributed by atoms with Crippen LogP contribution in [0.1, 0.15) is 48.8 Å². The first-order chi connectivity index (χ1) is 16.5. The van der Waals surface area contributed by atoms with Gasteiger partial charge in [0.1, 0.15) is 12.0 Å². The molecule has 0 aliphatic carbocycles. The SMILES string of the molecule is Cc1cccc(-c2nc(C(=O)Nc3cc4cn(C5CCNCC5)nc4cc3OC(C)C)co2)c1. The number of anilines is 1. The Kier molecular flexibility index (Phi) is 6.06. The summed E-state index contributed by atoms with van der Waals surface area (Å²) in [6.45, 7) is 7.89. The van der Waals surface area contributed by atoms with E-state index in [4.69, 9.17) is 14.3 Å². The van der Waals surface area contributed by atoms with Gasteiger partial charge in [0.05, 0.1) is 23.3 Å². The van der Waals surface area contributed by atoms with E-state index in [9.17, 15) is 4.79 Å². The second-order valence-electron chi connectivity index (χ2n) is 9.03. The number of nitrogens with one attached hydrogen (secondary N) is 2. The first kappa shape index (κ1) is 22.2. The maximum Gasteiger partial charge on any atom is 0.277 e. The largest absolute Gasteiger partial charge is 0.489 e. The Morgan fingerprint density at radius 1 is 1.24 bits per heavy atom. The van der Waals surface area contributed by atoms with Gasteiger partial charge in [-0.25, -0.2) is 4.98 Å². The molecule has 8 nitrogen and oxygen atoms in total. The Balaban J connectivity index is 1.43. The maximum absolute atomic E-state index is 13.0. The van der Waals surface area contributed by atoms with Crippen LogP contribution in [0, 0.1) is 6.92 Å². The average Bonchev–Trinajstić information content (AvgIpc) is 3.47. The third-order valence-electron chi connectivity index (χ3n) is 5.92. The second kappa shape index (κ2) is 9.30. The Morgan fingerprint density at radius 3 is 2.82 bits per heavy atom. The van der Waals surface area contributed by atoms with E-state index in [0.29, 0.717) is 23.4 Å². The molecule has 0 unspecified atom stereocenters. The van der Waals surface area contributed by atoms with Gasteiger partial charge >= 0.3 is 0 Å². The molecule has 3 heterocycles. The molecule has 1 fully saturated rings. The lowest BCUT2D eigenvalue weighted by Gasteiger charge is -2.22. The molecular formula is C26H29N5O3. The van der Waals surface area contributed by atoms with Crippen LogP contribution < -0.4 is 15.4 Å². The number of piperidine rings is 1. The zero-order valence-corrected chi connectivity index (χ0v) is 19.7. The number of aromatic nitrogens is 3. The molecule has 1 saturated heterocycles. The number of hydrogen-bond acceptors (Lipinski definition) is 6. The van der Waals surface area contributed by atoms with Crippen LogP contribution in [-0.2, 0) is 0 Å². The van der Waals surface area contributed by atoms with Crippen LogP contribution in [0.15, 0.2) is 53.3 Å². The highest BCUT2D eigenvalue weighted by Crippen LogP contribution is 2.33. The van der Waals surface area contributed by atoms with Crippen molar-refractivity contribution in [3.05, 3.63) is 60.1 Å². The molecule has 0 radical (unpaired) electrons. The Morgan fingerprint density at radius 2 is 2.06 bits per heavy atom. The molecule has 2 aromatic heterocycles. The lowest BCUT2D eigenvalue weighted by Crippen LogP contribution is -2.29. The first-order valence-electron chi connectivity index (χ1n) is 11.7. The van der Waals surface area contributed by atoms with Crippen LogP contribution in [-0.4, -0.2) is 39.9 Å². The number of benzene rings is 2. The summed E-state index contributed by atoms with van der Waals surface area (Å²) >= 11 is 0. The van der Waals surface area contributed by atoms with Gasteiger partial charge in [-0.3, -0.25) is 9.48 Å². The van der Waals surface area contributed by atoms with Crippen molar-refractivity contribution in [2.24, 2.45) is 0 Å². The number of carbonyl (C=O) groups is 1. The Hall–Kier alpha value is -3.65. The number of ether oxygens (including phenoxy) is 1. The third-order valence-corrected chi connectivity index (χ3v) is 5.92. The van der Waals surface area contributed by atoms with Crippen LogP contribution in [0.4, 0.5) is 5.69 Å². The van der Waals surface area contributed by atoms with Crippen molar-refractivity contribution in [2.75, 3.05) is 18.4 Å². The van der Waals surface area contributed by atoms with Gasteiger partial charge in [-0.15, -0.1) is 0 Å². The molecule has 0 atom stereocenters. The number of rotatable bonds is 6. The van der Waals surface area contributed by atoms with Gasteiger partial charge in [-0.1, -0.05) is 17.7 Å². The molecule has 1 aliphatic heterocycles. The topological polar surface area (TPSA) is 94.2 Å². The van der Waals surface area contributed by atoms with E-state index in [0.717, 1.165) is 48.0 Å². The maximum atomic E-state index is 13.0. The summed E-state index contributed by atoms with van der Waals surface area (Å²) < 4.78 is 13.6. The zero-order chi connectivity index (χ0) is 23.7. The van der Waals surface area contributed by atoms with E-state index < -0.39 is 0 Å². The quantitative estimate of drug-likeness (QED) is 0.423. The summed E-state index contributed by atoms with van der Waals surface area (Å²) in [5.74, 6) is 0.626. The van der Waals surface area contributed by atoms with E-state index in [-0.39, 0.29) is 17.7 Å². The molecule has 0 spiro atoms. The predicted molar refractivity (Wildman–Crippen MR) is 131 cm³/mol. The van der Waals surface area contributed by atoms with Crippen LogP contribution >= 0.6 is 0 Å². The van der Waals surface area contributed by atoms with Crippen molar-refractivity contribution in [3.8, 4) is 17.2 Å². The van der Waals surface area contributed by atoms with Gasteiger partial charge in [-0.2, -0.15) is 5.10 Å². The minimum Gasteiger partial charge on any atom is -0.489 e. The van der Waals surface area contributed by atoms with Crippen molar-refractivity contribution in [1.82, 2.24) is 20.1 Å². The van der Waals surface area contributed by atoms with Crippen LogP contribution in [0.25, 0.3) is 22.4 Å². The highest BCUT2D eigenvalue weighted by atomic mass is 16.5. The summed E-state index contributed by atoms with van der Waals surface area (Å²) in [7, 11) is 0. The normalized spacial score (nSPS) is 14.6. The summed E-state index contributed by atoms with van der Waals surface area (Å²) in [4.78, 5) is 17.4. The van der Waals surface area contributed by atoms with Crippen molar-refractivity contribution in [2.45, 2.75) is 45.8 Å². The van der Waals surface area contributed by atoms with Crippen molar-refractivity contribution >= 4 is 22.5 Å². The molecule has 34 heavy (non-hydrogen) atoms. The number of aryl methyl sites for hydroxylation is 1. The van der Waals surface area contributed by atoms with Crippen LogP contribution in [0.5, 0.6) is 5.75 Å². The smallest absolute Gasteiger partial charge is 0.277 e. The summed E-state index contributed by atoms with van der Waals surface area (Å²) in [6, 6.07) is 12.0. The first-order valence-corrected chi connectivity index (χ1v) is 11.7. The number of fused-ring (bicyclic) bond motifs is 1. The Bertz CT molecular complexity index is 1320. The molecule has 1 aliphatic rings. The number of amides is 1. The van der Waals surface area contributed by atoms with Gasteiger partial charge in [0.25, 0.3) is 5.91 Å². The number of nitrogens with zero attached hydrogens (tertiary/aromatic N) is 3. The molecule has 1 amide bonds. The third kappa shape index (κ3) is 4.68. The van der Waals surface area contributed by atoms with Crippen molar-refractivity contribution in [1.29, 1.82) is 0 Å².